The van der Waals surface area contributed by atoms with Gasteiger partial charge in [0.25, 0.3) is 5.91 Å². The highest BCUT2D eigenvalue weighted by atomic mass is 16.5. The minimum Gasteiger partial charge on any atom is -0.497 e. The molecule has 7 nitrogen and oxygen atoms in total. The first kappa shape index (κ1) is 19.2. The number of aromatic nitrogens is 2. The molecule has 4 atom stereocenters. The molecule has 0 spiro atoms. The number of hydrogen-bond acceptors (Lipinski definition) is 4. The van der Waals surface area contributed by atoms with Crippen LogP contribution in [0.1, 0.15) is 41.7 Å². The Balaban J connectivity index is 1.44. The number of nitrogens with one attached hydrogen (secondary N) is 1. The number of amides is 2. The van der Waals surface area contributed by atoms with Crippen LogP contribution in [-0.4, -0.2) is 63.9 Å². The Morgan fingerprint density at radius 2 is 2.17 bits per heavy atom. The summed E-state index contributed by atoms with van der Waals surface area (Å²) < 4.78 is 5.40. The van der Waals surface area contributed by atoms with Gasteiger partial charge in [-0.1, -0.05) is 12.1 Å². The maximum Gasteiger partial charge on any atom is 0.271 e. The summed E-state index contributed by atoms with van der Waals surface area (Å²) in [6.07, 6.45) is 7.63. The minimum absolute atomic E-state index is 0.0120. The quantitative estimate of drug-likeness (QED) is 0.843. The first-order valence-electron chi connectivity index (χ1n) is 10.9. The van der Waals surface area contributed by atoms with Gasteiger partial charge < -0.3 is 19.5 Å². The molecule has 30 heavy (non-hydrogen) atoms. The van der Waals surface area contributed by atoms with Gasteiger partial charge in [0.15, 0.2) is 0 Å². The normalized spacial score (nSPS) is 28.2. The Morgan fingerprint density at radius 3 is 2.97 bits per heavy atom. The number of carbonyl (C=O) groups is 2. The highest BCUT2D eigenvalue weighted by Crippen LogP contribution is 2.43. The Labute approximate surface area is 176 Å². The summed E-state index contributed by atoms with van der Waals surface area (Å²) in [7, 11) is 1.68. The fourth-order valence-corrected chi connectivity index (χ4v) is 5.79. The molecule has 2 bridgehead atoms. The zero-order valence-electron chi connectivity index (χ0n) is 17.3. The van der Waals surface area contributed by atoms with Crippen LogP contribution in [0.25, 0.3) is 0 Å². The Hall–Kier alpha value is -2.83. The molecular weight excluding hydrogens is 380 g/mol. The van der Waals surface area contributed by atoms with Gasteiger partial charge in [-0.25, -0.2) is 4.98 Å². The lowest BCUT2D eigenvalue weighted by molar-refractivity contribution is -0.151. The van der Waals surface area contributed by atoms with Crippen molar-refractivity contribution in [3.05, 3.63) is 48.0 Å². The van der Waals surface area contributed by atoms with Gasteiger partial charge in [-0.15, -0.1) is 0 Å². The van der Waals surface area contributed by atoms with Gasteiger partial charge in [0.2, 0.25) is 5.91 Å². The molecule has 5 rings (SSSR count). The van der Waals surface area contributed by atoms with Crippen LogP contribution in [-0.2, 0) is 11.2 Å². The van der Waals surface area contributed by atoms with E-state index in [1.165, 1.54) is 5.56 Å². The zero-order valence-corrected chi connectivity index (χ0v) is 17.3. The molecule has 158 valence electrons. The summed E-state index contributed by atoms with van der Waals surface area (Å²) in [6, 6.07) is 8.46. The molecule has 1 aromatic carbocycles. The van der Waals surface area contributed by atoms with E-state index in [0.717, 1.165) is 31.4 Å². The Bertz CT molecular complexity index is 928. The molecule has 3 aliphatic rings. The van der Waals surface area contributed by atoms with Gasteiger partial charge in [0.1, 0.15) is 11.4 Å². The molecule has 0 radical (unpaired) electrons. The SMILES string of the molecule is COc1cccc(C[C@H]2[C@H]3C[C@H](CN(C(=O)c4cnc[nH]4)C3)[C@@H]3CCCC(=O)N32)c1. The molecule has 3 fully saturated rings. The molecule has 7 heteroatoms. The Kier molecular flexibility index (Phi) is 4.97. The number of carbonyl (C=O) groups excluding carboxylic acids is 2. The largest absolute Gasteiger partial charge is 0.497 e. The van der Waals surface area contributed by atoms with Crippen LogP contribution >= 0.6 is 0 Å². The average molecular weight is 409 g/mol. The number of ether oxygens (including phenoxy) is 1. The summed E-state index contributed by atoms with van der Waals surface area (Å²) in [6.45, 7) is 1.40. The molecule has 2 aromatic rings. The van der Waals surface area contributed by atoms with E-state index in [1.54, 1.807) is 19.6 Å². The van der Waals surface area contributed by atoms with Crippen molar-refractivity contribution >= 4 is 11.8 Å². The van der Waals surface area contributed by atoms with Crippen LogP contribution in [0.4, 0.5) is 0 Å². The molecule has 1 aromatic heterocycles. The molecular formula is C23H28N4O3. The summed E-state index contributed by atoms with van der Waals surface area (Å²) in [4.78, 5) is 37.1. The van der Waals surface area contributed by atoms with Crippen molar-refractivity contribution in [1.82, 2.24) is 19.8 Å². The molecule has 3 aliphatic heterocycles. The predicted molar refractivity (Wildman–Crippen MR) is 111 cm³/mol. The maximum atomic E-state index is 13.0. The van der Waals surface area contributed by atoms with Crippen LogP contribution in [0.3, 0.4) is 0 Å². The second-order valence-corrected chi connectivity index (χ2v) is 8.81. The van der Waals surface area contributed by atoms with Crippen molar-refractivity contribution in [3.63, 3.8) is 0 Å². The van der Waals surface area contributed by atoms with Crippen molar-refractivity contribution < 1.29 is 14.3 Å². The Morgan fingerprint density at radius 1 is 1.30 bits per heavy atom. The summed E-state index contributed by atoms with van der Waals surface area (Å²) in [5, 5.41) is 0. The number of rotatable bonds is 4. The number of benzene rings is 1. The summed E-state index contributed by atoms with van der Waals surface area (Å²) >= 11 is 0. The molecule has 0 saturated carbocycles. The lowest BCUT2D eigenvalue weighted by Crippen LogP contribution is -2.66. The van der Waals surface area contributed by atoms with E-state index >= 15 is 0 Å². The summed E-state index contributed by atoms with van der Waals surface area (Å²) in [5.74, 6) is 1.75. The van der Waals surface area contributed by atoms with Gasteiger partial charge in [-0.05, 0) is 55.2 Å². The van der Waals surface area contributed by atoms with Gasteiger partial charge in [-0.3, -0.25) is 9.59 Å². The van der Waals surface area contributed by atoms with E-state index in [9.17, 15) is 9.59 Å². The number of piperidine rings is 3. The highest BCUT2D eigenvalue weighted by Gasteiger charge is 2.50. The number of imidazole rings is 1. The first-order valence-corrected chi connectivity index (χ1v) is 10.9. The van der Waals surface area contributed by atoms with E-state index in [0.29, 0.717) is 31.1 Å². The van der Waals surface area contributed by atoms with Gasteiger partial charge in [-0.2, -0.15) is 0 Å². The van der Waals surface area contributed by atoms with Crippen molar-refractivity contribution in [2.75, 3.05) is 20.2 Å². The second-order valence-electron chi connectivity index (χ2n) is 8.81. The minimum atomic E-state index is 0.0120. The molecule has 1 N–H and O–H groups in total. The monoisotopic (exact) mass is 408 g/mol. The van der Waals surface area contributed by atoms with Crippen molar-refractivity contribution in [1.29, 1.82) is 0 Å². The summed E-state index contributed by atoms with van der Waals surface area (Å²) in [5.41, 5.74) is 1.71. The van der Waals surface area contributed by atoms with E-state index in [4.69, 9.17) is 4.74 Å². The van der Waals surface area contributed by atoms with Gasteiger partial charge in [0, 0.05) is 31.6 Å². The smallest absolute Gasteiger partial charge is 0.271 e. The van der Waals surface area contributed by atoms with E-state index < -0.39 is 0 Å². The van der Waals surface area contributed by atoms with E-state index in [2.05, 4.69) is 27.0 Å². The molecule has 2 amide bonds. The third kappa shape index (κ3) is 3.36. The van der Waals surface area contributed by atoms with Crippen LogP contribution in [0, 0.1) is 11.8 Å². The number of fused-ring (bicyclic) bond motifs is 4. The predicted octanol–water partition coefficient (Wildman–Crippen LogP) is 2.50. The topological polar surface area (TPSA) is 78.5 Å². The number of hydrogen-bond donors (Lipinski definition) is 1. The standard InChI is InChI=1S/C23H28N4O3/c1-30-18-5-2-4-15(8-18)9-21-17-10-16(20-6-3-7-22(28)27(20)21)12-26(13-17)23(29)19-11-24-14-25-19/h2,4-5,8,11,14,16-17,20-21H,3,6-7,9-10,12-13H2,1H3,(H,24,25)/t16-,17+,20+,21+/m1/s1. The number of aromatic amines is 1. The van der Waals surface area contributed by atoms with E-state index in [1.807, 2.05) is 17.0 Å². The van der Waals surface area contributed by atoms with Crippen LogP contribution in [0.2, 0.25) is 0 Å². The van der Waals surface area contributed by atoms with Gasteiger partial charge >= 0.3 is 0 Å². The highest BCUT2D eigenvalue weighted by molar-refractivity contribution is 5.92. The fourth-order valence-electron chi connectivity index (χ4n) is 5.79. The van der Waals surface area contributed by atoms with Crippen molar-refractivity contribution in [2.45, 2.75) is 44.2 Å². The van der Waals surface area contributed by atoms with Crippen LogP contribution in [0.5, 0.6) is 5.75 Å². The third-order valence-corrected chi connectivity index (χ3v) is 7.09. The van der Waals surface area contributed by atoms with E-state index in [-0.39, 0.29) is 29.8 Å². The third-order valence-electron chi connectivity index (χ3n) is 7.09. The first-order chi connectivity index (χ1) is 14.6. The van der Waals surface area contributed by atoms with Crippen LogP contribution < -0.4 is 4.74 Å². The number of methoxy groups -OCH3 is 1. The molecule has 0 unspecified atom stereocenters. The van der Waals surface area contributed by atoms with Crippen molar-refractivity contribution in [2.24, 2.45) is 11.8 Å². The molecule has 3 saturated heterocycles. The lowest BCUT2D eigenvalue weighted by atomic mass is 9.70. The van der Waals surface area contributed by atoms with Gasteiger partial charge in [0.05, 0.1) is 19.6 Å². The molecule has 4 heterocycles. The second kappa shape index (κ2) is 7.78. The number of likely N-dealkylation sites (tertiary alicyclic amines) is 1. The molecule has 0 aliphatic carbocycles. The lowest BCUT2D eigenvalue weighted by Gasteiger charge is -2.56. The zero-order chi connectivity index (χ0) is 20.7. The van der Waals surface area contributed by atoms with Crippen LogP contribution in [0.15, 0.2) is 36.8 Å². The fraction of sp³-hybridized carbons (Fsp3) is 0.522. The number of H-pyrrole nitrogens is 1. The maximum absolute atomic E-state index is 13.0. The average Bonchev–Trinajstić information content (AvgIpc) is 3.31. The number of nitrogens with zero attached hydrogens (tertiary/aromatic N) is 3. The van der Waals surface area contributed by atoms with Crippen molar-refractivity contribution in [3.8, 4) is 5.75 Å².